The Labute approximate surface area is 173 Å². The van der Waals surface area contributed by atoms with Crippen LogP contribution in [-0.2, 0) is 24.5 Å². The van der Waals surface area contributed by atoms with Crippen molar-refractivity contribution in [2.45, 2.75) is 44.9 Å². The fourth-order valence-electron chi connectivity index (χ4n) is 2.65. The molecule has 0 unspecified atom stereocenters. The molecule has 0 bridgehead atoms. The zero-order valence-corrected chi connectivity index (χ0v) is 16.4. The van der Waals surface area contributed by atoms with Crippen LogP contribution in [0.2, 0.25) is 0 Å². The molecule has 2 aromatic rings. The number of hydrogen-bond acceptors (Lipinski definition) is 4. The summed E-state index contributed by atoms with van der Waals surface area (Å²) in [5, 5.41) is 14.4. The van der Waals surface area contributed by atoms with Crippen molar-refractivity contribution in [1.82, 2.24) is 15.1 Å². The van der Waals surface area contributed by atoms with Gasteiger partial charge in [-0.15, -0.1) is 0 Å². The zero-order chi connectivity index (χ0) is 23.3. The number of carbonyl (C=O) groups is 1. The number of carboxylic acids is 1. The number of alkyl halides is 6. The SMILES string of the molecule is CNCc1cc(OCc2ccccc2)n(CC2(C(F)(F)F)CC2)n1.O=C(O)C(F)(F)F. The average Bonchev–Trinajstić information content (AvgIpc) is 3.37. The molecule has 0 amide bonds. The monoisotopic (exact) mass is 453 g/mol. The van der Waals surface area contributed by atoms with E-state index in [4.69, 9.17) is 14.6 Å². The summed E-state index contributed by atoms with van der Waals surface area (Å²) in [4.78, 5) is 8.90. The smallest absolute Gasteiger partial charge is 0.475 e. The van der Waals surface area contributed by atoms with Crippen molar-refractivity contribution in [1.29, 1.82) is 0 Å². The van der Waals surface area contributed by atoms with Crippen LogP contribution in [0.15, 0.2) is 36.4 Å². The summed E-state index contributed by atoms with van der Waals surface area (Å²) < 4.78 is 78.5. The van der Waals surface area contributed by atoms with Crippen LogP contribution in [-0.4, -0.2) is 40.3 Å². The van der Waals surface area contributed by atoms with E-state index in [1.54, 1.807) is 13.1 Å². The minimum atomic E-state index is -5.08. The quantitative estimate of drug-likeness (QED) is 0.616. The molecule has 3 rings (SSSR count). The predicted molar refractivity (Wildman–Crippen MR) is 97.2 cm³/mol. The summed E-state index contributed by atoms with van der Waals surface area (Å²) >= 11 is 0. The molecule has 2 N–H and O–H groups in total. The van der Waals surface area contributed by atoms with E-state index < -0.39 is 23.7 Å². The third-order valence-electron chi connectivity index (χ3n) is 4.53. The van der Waals surface area contributed by atoms with Crippen molar-refractivity contribution in [3.05, 3.63) is 47.7 Å². The van der Waals surface area contributed by atoms with E-state index >= 15 is 0 Å². The highest BCUT2D eigenvalue weighted by molar-refractivity contribution is 5.73. The molecule has 1 aliphatic rings. The first kappa shape index (κ1) is 24.5. The second kappa shape index (κ2) is 9.58. The average molecular weight is 453 g/mol. The second-order valence-corrected chi connectivity index (χ2v) is 7.02. The molecule has 1 heterocycles. The molecule has 1 aromatic heterocycles. The van der Waals surface area contributed by atoms with Gasteiger partial charge in [-0.2, -0.15) is 31.4 Å². The molecule has 1 saturated carbocycles. The second-order valence-electron chi connectivity index (χ2n) is 7.02. The summed E-state index contributed by atoms with van der Waals surface area (Å²) in [6, 6.07) is 11.2. The van der Waals surface area contributed by atoms with Gasteiger partial charge in [0.25, 0.3) is 0 Å². The maximum atomic E-state index is 13.2. The maximum absolute atomic E-state index is 13.2. The maximum Gasteiger partial charge on any atom is 0.490 e. The summed E-state index contributed by atoms with van der Waals surface area (Å²) in [5.41, 5.74) is -0.0308. The molecule has 6 nitrogen and oxygen atoms in total. The van der Waals surface area contributed by atoms with Crippen LogP contribution < -0.4 is 10.1 Å². The Balaban J connectivity index is 0.000000423. The Hall–Kier alpha value is -2.76. The molecule has 1 aromatic carbocycles. The van der Waals surface area contributed by atoms with Gasteiger partial charge >= 0.3 is 18.3 Å². The fourth-order valence-corrected chi connectivity index (χ4v) is 2.65. The highest BCUT2D eigenvalue weighted by Crippen LogP contribution is 2.58. The van der Waals surface area contributed by atoms with Gasteiger partial charge in [-0.1, -0.05) is 30.3 Å². The molecule has 12 heteroatoms. The largest absolute Gasteiger partial charge is 0.490 e. The van der Waals surface area contributed by atoms with Gasteiger partial charge in [0.2, 0.25) is 5.88 Å². The van der Waals surface area contributed by atoms with Crippen molar-refractivity contribution >= 4 is 5.97 Å². The Kier molecular flexibility index (Phi) is 7.58. The van der Waals surface area contributed by atoms with Crippen LogP contribution in [0.3, 0.4) is 0 Å². The molecule has 0 atom stereocenters. The van der Waals surface area contributed by atoms with Gasteiger partial charge in [-0.3, -0.25) is 0 Å². The minimum Gasteiger partial charge on any atom is -0.475 e. The van der Waals surface area contributed by atoms with E-state index in [0.717, 1.165) is 5.56 Å². The van der Waals surface area contributed by atoms with E-state index in [1.807, 2.05) is 30.3 Å². The number of aliphatic carboxylic acids is 1. The molecule has 31 heavy (non-hydrogen) atoms. The Morgan fingerprint density at radius 2 is 1.77 bits per heavy atom. The number of benzene rings is 1. The van der Waals surface area contributed by atoms with Gasteiger partial charge in [0.05, 0.1) is 17.7 Å². The van der Waals surface area contributed by atoms with Crippen molar-refractivity contribution in [2.24, 2.45) is 5.41 Å². The first-order valence-electron chi connectivity index (χ1n) is 9.13. The number of hydrogen-bond donors (Lipinski definition) is 2. The molecule has 172 valence electrons. The number of nitrogens with zero attached hydrogens (tertiary/aromatic N) is 2. The standard InChI is InChI=1S/C17H20F3N3O.C2HF3O2/c1-21-10-14-9-15(24-11-13-5-3-2-4-6-13)23(22-14)12-16(7-8-16)17(18,19)20;3-2(4,5)1(6)7/h2-6,9,21H,7-8,10-12H2,1H3;(H,6,7). The van der Waals surface area contributed by atoms with Crippen LogP contribution in [0.1, 0.15) is 24.1 Å². The fraction of sp³-hybridized carbons (Fsp3) is 0.474. The first-order valence-corrected chi connectivity index (χ1v) is 9.13. The number of aromatic nitrogens is 2. The lowest BCUT2D eigenvalue weighted by atomic mass is 10.1. The van der Waals surface area contributed by atoms with Gasteiger partial charge in [-0.05, 0) is 25.5 Å². The first-order chi connectivity index (χ1) is 14.4. The molecule has 0 saturated heterocycles. The number of rotatable bonds is 7. The summed E-state index contributed by atoms with van der Waals surface area (Å²) in [6.45, 7) is 0.586. The lowest BCUT2D eigenvalue weighted by Crippen LogP contribution is -2.30. The normalized spacial score (nSPS) is 15.1. The van der Waals surface area contributed by atoms with Crippen molar-refractivity contribution in [3.63, 3.8) is 0 Å². The van der Waals surface area contributed by atoms with Crippen LogP contribution in [0, 0.1) is 5.41 Å². The minimum absolute atomic E-state index is 0.149. The molecular weight excluding hydrogens is 432 g/mol. The number of carboxylic acid groups (broad SMARTS) is 1. The molecule has 0 aliphatic heterocycles. The lowest BCUT2D eigenvalue weighted by Gasteiger charge is -2.20. The highest BCUT2D eigenvalue weighted by atomic mass is 19.4. The number of nitrogens with one attached hydrogen (secondary N) is 1. The Bertz CT molecular complexity index is 861. The topological polar surface area (TPSA) is 76.4 Å². The number of ether oxygens (including phenoxy) is 1. The lowest BCUT2D eigenvalue weighted by molar-refractivity contribution is -0.193. The van der Waals surface area contributed by atoms with E-state index in [-0.39, 0.29) is 19.4 Å². The van der Waals surface area contributed by atoms with Crippen LogP contribution >= 0.6 is 0 Å². The van der Waals surface area contributed by atoms with Crippen molar-refractivity contribution in [3.8, 4) is 5.88 Å². The Morgan fingerprint density at radius 1 is 1.19 bits per heavy atom. The summed E-state index contributed by atoms with van der Waals surface area (Å²) in [6.07, 6.45) is -9.00. The van der Waals surface area contributed by atoms with Crippen molar-refractivity contribution < 1.29 is 41.0 Å². The van der Waals surface area contributed by atoms with Gasteiger partial charge in [-0.25, -0.2) is 9.48 Å². The van der Waals surface area contributed by atoms with E-state index in [0.29, 0.717) is 24.7 Å². The van der Waals surface area contributed by atoms with E-state index in [2.05, 4.69) is 10.4 Å². The van der Waals surface area contributed by atoms with Gasteiger partial charge in [0.15, 0.2) is 0 Å². The molecule has 1 aliphatic carbocycles. The van der Waals surface area contributed by atoms with Gasteiger partial charge in [0.1, 0.15) is 6.61 Å². The highest BCUT2D eigenvalue weighted by Gasteiger charge is 2.63. The van der Waals surface area contributed by atoms with Crippen LogP contribution in [0.25, 0.3) is 0 Å². The molecule has 0 radical (unpaired) electrons. The number of halogens is 6. The summed E-state index contributed by atoms with van der Waals surface area (Å²) in [5.74, 6) is -2.38. The van der Waals surface area contributed by atoms with Crippen molar-refractivity contribution in [2.75, 3.05) is 7.05 Å². The molecule has 1 fully saturated rings. The predicted octanol–water partition coefficient (Wildman–Crippen LogP) is 4.16. The van der Waals surface area contributed by atoms with Crippen LogP contribution in [0.4, 0.5) is 26.3 Å². The van der Waals surface area contributed by atoms with Crippen LogP contribution in [0.5, 0.6) is 5.88 Å². The third-order valence-corrected chi connectivity index (χ3v) is 4.53. The molecular formula is C19H21F6N3O3. The van der Waals surface area contributed by atoms with Gasteiger partial charge in [0, 0.05) is 12.6 Å². The molecule has 0 spiro atoms. The van der Waals surface area contributed by atoms with E-state index in [9.17, 15) is 26.3 Å². The zero-order valence-electron chi connectivity index (χ0n) is 16.4. The third kappa shape index (κ3) is 6.88. The van der Waals surface area contributed by atoms with E-state index in [1.165, 1.54) is 4.68 Å². The Morgan fingerprint density at radius 3 is 2.23 bits per heavy atom. The van der Waals surface area contributed by atoms with Gasteiger partial charge < -0.3 is 15.2 Å². The summed E-state index contributed by atoms with van der Waals surface area (Å²) in [7, 11) is 1.77.